The van der Waals surface area contributed by atoms with E-state index in [9.17, 15) is 0 Å². The van der Waals surface area contributed by atoms with Gasteiger partial charge in [0.05, 0.1) is 0 Å². The molecule has 0 saturated heterocycles. The van der Waals surface area contributed by atoms with Crippen LogP contribution in [-0.4, -0.2) is 16.7 Å². The summed E-state index contributed by atoms with van der Waals surface area (Å²) < 4.78 is 1.10. The van der Waals surface area contributed by atoms with Gasteiger partial charge in [-0.3, -0.25) is 9.98 Å². The molecule has 0 fully saturated rings. The van der Waals surface area contributed by atoms with E-state index >= 15 is 0 Å². The first-order valence-corrected chi connectivity index (χ1v) is 6.59. The molecule has 0 aromatic carbocycles. The fourth-order valence-electron chi connectivity index (χ4n) is 2.21. The molecule has 1 aromatic rings. The van der Waals surface area contributed by atoms with Gasteiger partial charge in [0.15, 0.2) is 0 Å². The number of aliphatic imine (C=N–C) groups is 1. The number of pyridine rings is 1. The summed E-state index contributed by atoms with van der Waals surface area (Å²) in [6.07, 6.45) is 6.08. The highest BCUT2D eigenvalue weighted by atomic mass is 79.9. The summed E-state index contributed by atoms with van der Waals surface area (Å²) in [7, 11) is 0. The van der Waals surface area contributed by atoms with Gasteiger partial charge >= 0.3 is 0 Å². The molecule has 0 aliphatic carbocycles. The Kier molecular flexibility index (Phi) is 3.43. The van der Waals surface area contributed by atoms with Crippen molar-refractivity contribution in [1.82, 2.24) is 4.98 Å². The summed E-state index contributed by atoms with van der Waals surface area (Å²) in [6, 6.07) is 0.467. The Hall–Kier alpha value is -0.700. The molecule has 2 heterocycles. The van der Waals surface area contributed by atoms with Crippen molar-refractivity contribution >= 4 is 21.6 Å². The van der Waals surface area contributed by atoms with Gasteiger partial charge in [0.1, 0.15) is 0 Å². The van der Waals surface area contributed by atoms with Crippen molar-refractivity contribution in [3.05, 3.63) is 28.0 Å². The summed E-state index contributed by atoms with van der Waals surface area (Å²) in [5, 5.41) is 0. The van der Waals surface area contributed by atoms with Crippen LogP contribution in [0.4, 0.5) is 0 Å². The van der Waals surface area contributed by atoms with E-state index in [0.717, 1.165) is 10.9 Å². The second kappa shape index (κ2) is 4.66. The smallest absolute Gasteiger partial charge is 0.0478 e. The normalized spacial score (nSPS) is 20.3. The summed E-state index contributed by atoms with van der Waals surface area (Å²) in [5.41, 5.74) is 3.79. The highest BCUT2D eigenvalue weighted by Crippen LogP contribution is 2.30. The largest absolute Gasteiger partial charge is 0.286 e. The monoisotopic (exact) mass is 280 g/mol. The SMILES string of the molecule is CC1CCC(c2cncc(Br)c2C(C)C)=N1. The predicted octanol–water partition coefficient (Wildman–Crippen LogP) is 3.94. The van der Waals surface area contributed by atoms with E-state index < -0.39 is 0 Å². The van der Waals surface area contributed by atoms with Crippen LogP contribution in [0, 0.1) is 0 Å². The number of hydrogen-bond acceptors (Lipinski definition) is 2. The lowest BCUT2D eigenvalue weighted by atomic mass is 9.95. The summed E-state index contributed by atoms with van der Waals surface area (Å²) in [6.45, 7) is 6.60. The molecule has 0 bridgehead atoms. The molecule has 86 valence electrons. The molecule has 1 aliphatic rings. The number of rotatable bonds is 2. The molecule has 3 heteroatoms. The molecular formula is C13H17BrN2. The Morgan fingerprint density at radius 3 is 2.69 bits per heavy atom. The fourth-order valence-corrected chi connectivity index (χ4v) is 3.00. The third kappa shape index (κ3) is 2.19. The molecule has 2 rings (SSSR count). The number of nitrogens with zero attached hydrogens (tertiary/aromatic N) is 2. The molecule has 2 nitrogen and oxygen atoms in total. The first-order chi connectivity index (χ1) is 7.59. The Balaban J connectivity index is 2.48. The van der Waals surface area contributed by atoms with Crippen LogP contribution < -0.4 is 0 Å². The second-order valence-corrected chi connectivity index (χ2v) is 5.56. The molecule has 1 unspecified atom stereocenters. The molecule has 1 atom stereocenters. The molecule has 0 N–H and O–H groups in total. The minimum Gasteiger partial charge on any atom is -0.286 e. The lowest BCUT2D eigenvalue weighted by molar-refractivity contribution is 0.739. The topological polar surface area (TPSA) is 25.2 Å². The Labute approximate surface area is 105 Å². The zero-order valence-corrected chi connectivity index (χ0v) is 11.6. The van der Waals surface area contributed by atoms with E-state index in [1.807, 2.05) is 12.4 Å². The maximum atomic E-state index is 4.70. The van der Waals surface area contributed by atoms with Crippen LogP contribution in [0.5, 0.6) is 0 Å². The molecule has 0 radical (unpaired) electrons. The van der Waals surface area contributed by atoms with E-state index in [-0.39, 0.29) is 0 Å². The number of hydrogen-bond donors (Lipinski definition) is 0. The van der Waals surface area contributed by atoms with Crippen molar-refractivity contribution in [3.8, 4) is 0 Å². The Morgan fingerprint density at radius 2 is 2.12 bits per heavy atom. The van der Waals surface area contributed by atoms with Gasteiger partial charge in [-0.05, 0) is 47.2 Å². The average molecular weight is 281 g/mol. The van der Waals surface area contributed by atoms with E-state index in [1.54, 1.807) is 0 Å². The molecule has 0 spiro atoms. The second-order valence-electron chi connectivity index (χ2n) is 4.70. The number of halogens is 1. The van der Waals surface area contributed by atoms with E-state index in [1.165, 1.54) is 23.3 Å². The molecule has 1 aromatic heterocycles. The molecule has 1 aliphatic heterocycles. The van der Waals surface area contributed by atoms with Crippen LogP contribution in [0.3, 0.4) is 0 Å². The molecular weight excluding hydrogens is 264 g/mol. The van der Waals surface area contributed by atoms with Gasteiger partial charge in [-0.1, -0.05) is 13.8 Å². The minimum atomic E-state index is 0.467. The van der Waals surface area contributed by atoms with Crippen molar-refractivity contribution in [2.45, 2.75) is 45.6 Å². The molecule has 0 amide bonds. The zero-order chi connectivity index (χ0) is 11.7. The van der Waals surface area contributed by atoms with Crippen LogP contribution in [-0.2, 0) is 0 Å². The van der Waals surface area contributed by atoms with Gasteiger partial charge in [-0.15, -0.1) is 0 Å². The van der Waals surface area contributed by atoms with Crippen molar-refractivity contribution in [2.75, 3.05) is 0 Å². The summed E-state index contributed by atoms with van der Waals surface area (Å²) in [4.78, 5) is 8.97. The number of aromatic nitrogens is 1. The van der Waals surface area contributed by atoms with Crippen molar-refractivity contribution in [2.24, 2.45) is 4.99 Å². The third-order valence-electron chi connectivity index (χ3n) is 3.00. The maximum Gasteiger partial charge on any atom is 0.0478 e. The molecule has 16 heavy (non-hydrogen) atoms. The lowest BCUT2D eigenvalue weighted by Crippen LogP contribution is -2.05. The van der Waals surface area contributed by atoms with E-state index in [2.05, 4.69) is 41.7 Å². The lowest BCUT2D eigenvalue weighted by Gasteiger charge is -2.14. The van der Waals surface area contributed by atoms with Gasteiger partial charge in [0, 0.05) is 34.2 Å². The predicted molar refractivity (Wildman–Crippen MR) is 71.3 cm³/mol. The van der Waals surface area contributed by atoms with Gasteiger partial charge < -0.3 is 0 Å². The highest BCUT2D eigenvalue weighted by Gasteiger charge is 2.20. The first-order valence-electron chi connectivity index (χ1n) is 5.80. The quantitative estimate of drug-likeness (QED) is 0.806. The Morgan fingerprint density at radius 1 is 1.38 bits per heavy atom. The first kappa shape index (κ1) is 11.8. The van der Waals surface area contributed by atoms with Gasteiger partial charge in [-0.25, -0.2) is 0 Å². The Bertz CT molecular complexity index is 424. The fraction of sp³-hybridized carbons (Fsp3) is 0.538. The van der Waals surface area contributed by atoms with E-state index in [4.69, 9.17) is 4.99 Å². The highest BCUT2D eigenvalue weighted by molar-refractivity contribution is 9.10. The minimum absolute atomic E-state index is 0.467. The van der Waals surface area contributed by atoms with Crippen molar-refractivity contribution < 1.29 is 0 Å². The van der Waals surface area contributed by atoms with Crippen LogP contribution in [0.25, 0.3) is 0 Å². The van der Waals surface area contributed by atoms with E-state index in [0.29, 0.717) is 12.0 Å². The van der Waals surface area contributed by atoms with Crippen LogP contribution >= 0.6 is 15.9 Å². The van der Waals surface area contributed by atoms with Crippen LogP contribution in [0.2, 0.25) is 0 Å². The van der Waals surface area contributed by atoms with Gasteiger partial charge in [0.25, 0.3) is 0 Å². The summed E-state index contributed by atoms with van der Waals surface area (Å²) >= 11 is 3.59. The molecule has 0 saturated carbocycles. The maximum absolute atomic E-state index is 4.70. The standard InChI is InChI=1S/C13H17BrN2/c1-8(2)13-10(6-15-7-11(13)14)12-5-4-9(3)16-12/h6-9H,4-5H2,1-3H3. The summed E-state index contributed by atoms with van der Waals surface area (Å²) in [5.74, 6) is 0.492. The third-order valence-corrected chi connectivity index (χ3v) is 3.63. The zero-order valence-electron chi connectivity index (χ0n) is 10.00. The van der Waals surface area contributed by atoms with Gasteiger partial charge in [0.2, 0.25) is 0 Å². The van der Waals surface area contributed by atoms with Crippen LogP contribution in [0.15, 0.2) is 21.9 Å². The van der Waals surface area contributed by atoms with Gasteiger partial charge in [-0.2, -0.15) is 0 Å². The van der Waals surface area contributed by atoms with Crippen molar-refractivity contribution in [1.29, 1.82) is 0 Å². The van der Waals surface area contributed by atoms with Crippen LogP contribution in [0.1, 0.15) is 50.7 Å². The average Bonchev–Trinajstić information content (AvgIpc) is 2.63. The van der Waals surface area contributed by atoms with Crippen molar-refractivity contribution in [3.63, 3.8) is 0 Å².